The zero-order valence-corrected chi connectivity index (χ0v) is 15.6. The average Bonchev–Trinajstić information content (AvgIpc) is 2.58. The molecule has 1 aliphatic heterocycles. The van der Waals surface area contributed by atoms with Gasteiger partial charge in [-0.1, -0.05) is 20.8 Å². The molecule has 140 valence electrons. The fourth-order valence-corrected chi connectivity index (χ4v) is 3.25. The number of likely N-dealkylation sites (tertiary alicyclic amines) is 1. The van der Waals surface area contributed by atoms with Gasteiger partial charge in [-0.15, -0.1) is 0 Å². The third-order valence-electron chi connectivity index (χ3n) is 4.89. The quantitative estimate of drug-likeness (QED) is 0.834. The number of aromatic amines is 1. The first-order valence-electron chi connectivity index (χ1n) is 8.72. The van der Waals surface area contributed by atoms with Crippen molar-refractivity contribution < 1.29 is 14.6 Å². The lowest BCUT2D eigenvalue weighted by Gasteiger charge is -2.41. The van der Waals surface area contributed by atoms with E-state index in [0.29, 0.717) is 31.8 Å². The zero-order valence-electron chi connectivity index (χ0n) is 15.6. The standard InChI is InChI=1S/C18H29N3O4/c1-17(2,3)14-10-13(19-16(24)20-14)15(23)21-8-5-6-18(11-21,12-22)7-9-25-4/h10,22H,5-9,11-12H2,1-4H3,(H,19,20,24). The number of nitrogens with one attached hydrogen (secondary N) is 1. The molecule has 1 aromatic heterocycles. The Bertz CT molecular complexity index is 665. The van der Waals surface area contributed by atoms with Gasteiger partial charge in [-0.25, -0.2) is 4.79 Å². The van der Waals surface area contributed by atoms with Crippen LogP contribution in [0.4, 0.5) is 0 Å². The lowest BCUT2D eigenvalue weighted by atomic mass is 9.78. The van der Waals surface area contributed by atoms with Crippen LogP contribution in [0.2, 0.25) is 0 Å². The smallest absolute Gasteiger partial charge is 0.345 e. The highest BCUT2D eigenvalue weighted by Crippen LogP contribution is 2.33. The maximum Gasteiger partial charge on any atom is 0.345 e. The molecule has 0 aliphatic carbocycles. The summed E-state index contributed by atoms with van der Waals surface area (Å²) in [6.07, 6.45) is 2.36. The van der Waals surface area contributed by atoms with Gasteiger partial charge in [-0.2, -0.15) is 4.98 Å². The largest absolute Gasteiger partial charge is 0.396 e. The molecule has 1 unspecified atom stereocenters. The molecule has 1 fully saturated rings. The minimum absolute atomic E-state index is 0.0101. The number of nitrogens with zero attached hydrogens (tertiary/aromatic N) is 2. The van der Waals surface area contributed by atoms with Crippen molar-refractivity contribution in [2.45, 2.75) is 45.4 Å². The lowest BCUT2D eigenvalue weighted by molar-refractivity contribution is 0.00870. The van der Waals surface area contributed by atoms with Gasteiger partial charge in [0.2, 0.25) is 0 Å². The number of rotatable bonds is 5. The summed E-state index contributed by atoms with van der Waals surface area (Å²) in [5, 5.41) is 9.87. The molecule has 2 rings (SSSR count). The van der Waals surface area contributed by atoms with Gasteiger partial charge in [0, 0.05) is 43.3 Å². The van der Waals surface area contributed by atoms with Crippen LogP contribution in [-0.4, -0.2) is 59.3 Å². The van der Waals surface area contributed by atoms with Crippen LogP contribution >= 0.6 is 0 Å². The number of aliphatic hydroxyl groups is 1. The van der Waals surface area contributed by atoms with Gasteiger partial charge in [0.1, 0.15) is 5.69 Å². The van der Waals surface area contributed by atoms with E-state index >= 15 is 0 Å². The molecule has 1 aromatic rings. The number of carbonyl (C=O) groups excluding carboxylic acids is 1. The van der Waals surface area contributed by atoms with Crippen molar-refractivity contribution in [3.8, 4) is 0 Å². The van der Waals surface area contributed by atoms with Crippen molar-refractivity contribution in [3.05, 3.63) is 27.9 Å². The van der Waals surface area contributed by atoms with E-state index in [4.69, 9.17) is 4.74 Å². The van der Waals surface area contributed by atoms with Crippen LogP contribution in [-0.2, 0) is 10.2 Å². The number of aromatic nitrogens is 2. The SMILES string of the molecule is COCCC1(CO)CCCN(C(=O)c2cc(C(C)(C)C)[nH]c(=O)n2)C1. The predicted octanol–water partition coefficient (Wildman–Crippen LogP) is 1.32. The number of H-pyrrole nitrogens is 1. The van der Waals surface area contributed by atoms with Gasteiger partial charge in [0.25, 0.3) is 5.91 Å². The number of ether oxygens (including phenoxy) is 1. The molecule has 1 aliphatic rings. The maximum absolute atomic E-state index is 12.9. The molecule has 1 saturated heterocycles. The van der Waals surface area contributed by atoms with Crippen LogP contribution in [0.3, 0.4) is 0 Å². The van der Waals surface area contributed by atoms with Gasteiger partial charge in [-0.3, -0.25) is 4.79 Å². The molecular weight excluding hydrogens is 322 g/mol. The second kappa shape index (κ2) is 7.66. The van der Waals surface area contributed by atoms with Gasteiger partial charge in [-0.05, 0) is 25.3 Å². The molecule has 2 heterocycles. The monoisotopic (exact) mass is 351 g/mol. The predicted molar refractivity (Wildman–Crippen MR) is 94.7 cm³/mol. The Morgan fingerprint density at radius 3 is 2.80 bits per heavy atom. The first kappa shape index (κ1) is 19.6. The summed E-state index contributed by atoms with van der Waals surface area (Å²) in [5.74, 6) is -0.258. The molecule has 0 bridgehead atoms. The molecule has 0 aromatic carbocycles. The first-order valence-corrected chi connectivity index (χ1v) is 8.72. The van der Waals surface area contributed by atoms with Crippen LogP contribution in [0, 0.1) is 5.41 Å². The summed E-state index contributed by atoms with van der Waals surface area (Å²) < 4.78 is 5.15. The number of amides is 1. The van der Waals surface area contributed by atoms with Crippen LogP contribution in [0.25, 0.3) is 0 Å². The minimum Gasteiger partial charge on any atom is -0.396 e. The van der Waals surface area contributed by atoms with E-state index < -0.39 is 5.69 Å². The molecule has 2 N–H and O–H groups in total. The normalized spacial score (nSPS) is 21.4. The molecular formula is C18H29N3O4. The fourth-order valence-electron chi connectivity index (χ4n) is 3.25. The summed E-state index contributed by atoms with van der Waals surface area (Å²) in [5.41, 5.74) is -0.306. The van der Waals surface area contributed by atoms with E-state index in [0.717, 1.165) is 12.8 Å². The van der Waals surface area contributed by atoms with Crippen molar-refractivity contribution >= 4 is 5.91 Å². The Balaban J connectivity index is 2.25. The van der Waals surface area contributed by atoms with Gasteiger partial charge in [0.15, 0.2) is 0 Å². The van der Waals surface area contributed by atoms with E-state index in [1.165, 1.54) is 0 Å². The number of hydrogen-bond donors (Lipinski definition) is 2. The topological polar surface area (TPSA) is 95.5 Å². The van der Waals surface area contributed by atoms with Gasteiger partial charge >= 0.3 is 5.69 Å². The third-order valence-corrected chi connectivity index (χ3v) is 4.89. The fraction of sp³-hybridized carbons (Fsp3) is 0.722. The van der Waals surface area contributed by atoms with E-state index in [1.54, 1.807) is 18.1 Å². The molecule has 25 heavy (non-hydrogen) atoms. The Morgan fingerprint density at radius 1 is 1.48 bits per heavy atom. The van der Waals surface area contributed by atoms with Crippen LogP contribution < -0.4 is 5.69 Å². The summed E-state index contributed by atoms with van der Waals surface area (Å²) in [6.45, 7) is 7.51. The molecule has 0 radical (unpaired) electrons. The van der Waals surface area contributed by atoms with Crippen molar-refractivity contribution in [1.29, 1.82) is 0 Å². The third kappa shape index (κ3) is 4.67. The first-order chi connectivity index (χ1) is 11.7. The molecule has 1 atom stereocenters. The average molecular weight is 351 g/mol. The van der Waals surface area contributed by atoms with Crippen LogP contribution in [0.15, 0.2) is 10.9 Å². The van der Waals surface area contributed by atoms with E-state index in [2.05, 4.69) is 9.97 Å². The zero-order chi connectivity index (χ0) is 18.7. The van der Waals surface area contributed by atoms with Crippen LogP contribution in [0.5, 0.6) is 0 Å². The molecule has 7 heteroatoms. The number of carbonyl (C=O) groups is 1. The maximum atomic E-state index is 12.9. The Hall–Kier alpha value is -1.73. The van der Waals surface area contributed by atoms with Crippen molar-refractivity contribution in [2.24, 2.45) is 5.41 Å². The van der Waals surface area contributed by atoms with Crippen molar-refractivity contribution in [3.63, 3.8) is 0 Å². The second-order valence-corrected chi connectivity index (χ2v) is 7.97. The molecule has 7 nitrogen and oxygen atoms in total. The summed E-state index contributed by atoms with van der Waals surface area (Å²) in [4.78, 5) is 33.1. The van der Waals surface area contributed by atoms with Gasteiger partial charge < -0.3 is 19.7 Å². The van der Waals surface area contributed by atoms with E-state index in [9.17, 15) is 14.7 Å². The van der Waals surface area contributed by atoms with Crippen molar-refractivity contribution in [2.75, 3.05) is 33.4 Å². The number of piperidine rings is 1. The summed E-state index contributed by atoms with van der Waals surface area (Å²) >= 11 is 0. The van der Waals surface area contributed by atoms with Gasteiger partial charge in [0.05, 0.1) is 6.61 Å². The van der Waals surface area contributed by atoms with E-state index in [1.807, 2.05) is 20.8 Å². The highest BCUT2D eigenvalue weighted by molar-refractivity contribution is 5.92. The summed E-state index contributed by atoms with van der Waals surface area (Å²) in [6, 6.07) is 1.66. The summed E-state index contributed by atoms with van der Waals surface area (Å²) in [7, 11) is 1.63. The Labute approximate surface area is 148 Å². The molecule has 1 amide bonds. The van der Waals surface area contributed by atoms with E-state index in [-0.39, 0.29) is 29.0 Å². The number of hydrogen-bond acceptors (Lipinski definition) is 5. The Kier molecular flexibility index (Phi) is 6.00. The molecule has 0 spiro atoms. The highest BCUT2D eigenvalue weighted by atomic mass is 16.5. The minimum atomic E-state index is -0.513. The second-order valence-electron chi connectivity index (χ2n) is 7.97. The highest BCUT2D eigenvalue weighted by Gasteiger charge is 2.37. The van der Waals surface area contributed by atoms with Crippen LogP contribution in [0.1, 0.15) is 56.2 Å². The lowest BCUT2D eigenvalue weighted by Crippen LogP contribution is -2.48. The molecule has 0 saturated carbocycles. The van der Waals surface area contributed by atoms with Crippen molar-refractivity contribution in [1.82, 2.24) is 14.9 Å². The Morgan fingerprint density at radius 2 is 2.20 bits per heavy atom. The number of aliphatic hydroxyl groups excluding tert-OH is 1. The number of methoxy groups -OCH3 is 1.